The number of nitrogens with one attached hydrogen (secondary N) is 1. The van der Waals surface area contributed by atoms with Crippen molar-refractivity contribution in [2.24, 2.45) is 5.84 Å². The molecule has 2 heterocycles. The van der Waals surface area contributed by atoms with Gasteiger partial charge in [-0.25, -0.2) is 5.84 Å². The van der Waals surface area contributed by atoms with Gasteiger partial charge in [-0.3, -0.25) is 15.1 Å². The second kappa shape index (κ2) is 5.73. The first-order valence-corrected chi connectivity index (χ1v) is 6.47. The lowest BCUT2D eigenvalue weighted by Gasteiger charge is -2.36. The quantitative estimate of drug-likeness (QED) is 0.481. The van der Waals surface area contributed by atoms with Crippen molar-refractivity contribution in [3.8, 4) is 0 Å². The smallest absolute Gasteiger partial charge is 0.268 e. The van der Waals surface area contributed by atoms with E-state index in [4.69, 9.17) is 15.0 Å². The van der Waals surface area contributed by atoms with E-state index in [1.165, 1.54) is 0 Å². The molecule has 1 aliphatic rings. The van der Waals surface area contributed by atoms with Crippen LogP contribution in [0.5, 0.6) is 0 Å². The van der Waals surface area contributed by atoms with E-state index in [0.29, 0.717) is 23.9 Å². The van der Waals surface area contributed by atoms with Crippen molar-refractivity contribution in [3.05, 3.63) is 23.2 Å². The molecule has 0 bridgehead atoms. The van der Waals surface area contributed by atoms with Crippen molar-refractivity contribution >= 4 is 5.91 Å². The number of nitrogen functional groups attached to an aromatic ring is 1. The molecule has 1 aromatic heterocycles. The number of ether oxygens (including phenoxy) is 1. The van der Waals surface area contributed by atoms with Gasteiger partial charge in [0, 0.05) is 12.6 Å². The summed E-state index contributed by atoms with van der Waals surface area (Å²) in [6.07, 6.45) is 0.221. The fraction of sp³-hybridized carbons (Fsp3) is 0.615. The van der Waals surface area contributed by atoms with Crippen LogP contribution in [0.25, 0.3) is 0 Å². The number of aryl methyl sites for hydroxylation is 1. The minimum absolute atomic E-state index is 0.221. The predicted octanol–water partition coefficient (Wildman–Crippen LogP) is 0.801. The number of nitrogens with zero attached hydrogens (tertiary/aromatic N) is 1. The lowest BCUT2D eigenvalue weighted by Crippen LogP contribution is -2.46. The minimum Gasteiger partial charge on any atom is -0.464 e. The molecule has 3 N–H and O–H groups in total. The van der Waals surface area contributed by atoms with Crippen molar-refractivity contribution in [2.45, 2.75) is 39.5 Å². The molecule has 1 aromatic rings. The first-order valence-electron chi connectivity index (χ1n) is 6.47. The molecule has 1 fully saturated rings. The second-order valence-electron chi connectivity index (χ2n) is 5.08. The van der Waals surface area contributed by atoms with Gasteiger partial charge in [0.2, 0.25) is 0 Å². The summed E-state index contributed by atoms with van der Waals surface area (Å²) in [6.45, 7) is 8.19. The van der Waals surface area contributed by atoms with Gasteiger partial charge >= 0.3 is 0 Å². The Labute approximate surface area is 112 Å². The molecule has 0 saturated carbocycles. The molecule has 2 rings (SSSR count). The highest BCUT2D eigenvalue weighted by molar-refractivity contribution is 5.94. The van der Waals surface area contributed by atoms with E-state index in [0.717, 1.165) is 18.9 Å². The summed E-state index contributed by atoms with van der Waals surface area (Å²) in [5, 5.41) is 0. The molecular formula is C13H21N3O3. The summed E-state index contributed by atoms with van der Waals surface area (Å²) < 4.78 is 11.2. The van der Waals surface area contributed by atoms with Crippen LogP contribution in [-0.2, 0) is 11.3 Å². The van der Waals surface area contributed by atoms with Crippen molar-refractivity contribution in [1.82, 2.24) is 10.3 Å². The molecule has 2 atom stereocenters. The molecule has 0 aliphatic carbocycles. The van der Waals surface area contributed by atoms with Crippen LogP contribution in [0.1, 0.15) is 35.7 Å². The highest BCUT2D eigenvalue weighted by Crippen LogP contribution is 2.19. The largest absolute Gasteiger partial charge is 0.464 e. The first kappa shape index (κ1) is 14.0. The number of carbonyl (C=O) groups excluding carboxylic acids is 1. The third-order valence-corrected chi connectivity index (χ3v) is 3.44. The number of carbonyl (C=O) groups is 1. The Morgan fingerprint density at radius 1 is 1.58 bits per heavy atom. The molecular weight excluding hydrogens is 246 g/mol. The van der Waals surface area contributed by atoms with Gasteiger partial charge in [0.1, 0.15) is 11.5 Å². The molecule has 19 heavy (non-hydrogen) atoms. The number of amides is 1. The highest BCUT2D eigenvalue weighted by atomic mass is 16.5. The van der Waals surface area contributed by atoms with E-state index < -0.39 is 0 Å². The Morgan fingerprint density at radius 2 is 2.32 bits per heavy atom. The number of nitrogens with two attached hydrogens (primary N) is 1. The Morgan fingerprint density at radius 3 is 3.00 bits per heavy atom. The summed E-state index contributed by atoms with van der Waals surface area (Å²) >= 11 is 0. The van der Waals surface area contributed by atoms with E-state index in [9.17, 15) is 4.79 Å². The van der Waals surface area contributed by atoms with Crippen molar-refractivity contribution in [2.75, 3.05) is 13.2 Å². The maximum atomic E-state index is 11.5. The number of furan rings is 1. The minimum atomic E-state index is -0.323. The van der Waals surface area contributed by atoms with Crippen molar-refractivity contribution < 1.29 is 13.9 Å². The summed E-state index contributed by atoms with van der Waals surface area (Å²) in [5.41, 5.74) is 2.61. The molecule has 0 radical (unpaired) electrons. The zero-order chi connectivity index (χ0) is 14.0. The zero-order valence-corrected chi connectivity index (χ0v) is 11.6. The van der Waals surface area contributed by atoms with Crippen LogP contribution >= 0.6 is 0 Å². The third-order valence-electron chi connectivity index (χ3n) is 3.44. The van der Waals surface area contributed by atoms with Crippen molar-refractivity contribution in [3.63, 3.8) is 0 Å². The average molecular weight is 267 g/mol. The van der Waals surface area contributed by atoms with Crippen LogP contribution in [-0.4, -0.2) is 36.1 Å². The molecule has 0 spiro atoms. The van der Waals surface area contributed by atoms with E-state index in [1.807, 2.05) is 0 Å². The molecule has 6 nitrogen and oxygen atoms in total. The molecule has 106 valence electrons. The molecule has 6 heteroatoms. The second-order valence-corrected chi connectivity index (χ2v) is 5.08. The standard InChI is InChI=1S/C13H21N3O3/c1-8-7-18-9(2)5-16(8)6-11-4-12(10(3)19-11)13(17)15-14/h4,8-9H,5-7,14H2,1-3H3,(H,15,17). The SMILES string of the molecule is Cc1oc(CN2CC(C)OCC2C)cc1C(=O)NN. The Balaban J connectivity index is 2.08. The lowest BCUT2D eigenvalue weighted by atomic mass is 10.2. The van der Waals surface area contributed by atoms with Gasteiger partial charge in [-0.05, 0) is 26.8 Å². The monoisotopic (exact) mass is 267 g/mol. The normalized spacial score (nSPS) is 24.4. The van der Waals surface area contributed by atoms with Crippen LogP contribution in [0, 0.1) is 6.92 Å². The summed E-state index contributed by atoms with van der Waals surface area (Å²) in [6, 6.07) is 2.10. The Bertz CT molecular complexity index is 458. The Hall–Kier alpha value is -1.37. The molecule has 1 aliphatic heterocycles. The van der Waals surface area contributed by atoms with Crippen LogP contribution in [0.4, 0.5) is 0 Å². The molecule has 1 amide bonds. The maximum Gasteiger partial charge on any atom is 0.268 e. The predicted molar refractivity (Wildman–Crippen MR) is 70.4 cm³/mol. The number of hydrogen-bond acceptors (Lipinski definition) is 5. The van der Waals surface area contributed by atoms with Gasteiger partial charge in [-0.15, -0.1) is 0 Å². The van der Waals surface area contributed by atoms with Gasteiger partial charge in [0.25, 0.3) is 5.91 Å². The fourth-order valence-corrected chi connectivity index (χ4v) is 2.32. The zero-order valence-electron chi connectivity index (χ0n) is 11.6. The number of morpholine rings is 1. The Kier molecular flexibility index (Phi) is 4.24. The maximum absolute atomic E-state index is 11.5. The van der Waals surface area contributed by atoms with Gasteiger partial charge in [0.15, 0.2) is 0 Å². The van der Waals surface area contributed by atoms with E-state index in [1.54, 1.807) is 13.0 Å². The first-order chi connectivity index (χ1) is 9.01. The summed E-state index contributed by atoms with van der Waals surface area (Å²) in [5.74, 6) is 6.18. The van der Waals surface area contributed by atoms with Crippen LogP contribution in [0.2, 0.25) is 0 Å². The summed E-state index contributed by atoms with van der Waals surface area (Å²) in [7, 11) is 0. The number of hydrogen-bond donors (Lipinski definition) is 2. The van der Waals surface area contributed by atoms with Gasteiger partial charge in [-0.1, -0.05) is 0 Å². The fourth-order valence-electron chi connectivity index (χ4n) is 2.32. The topological polar surface area (TPSA) is 80.7 Å². The van der Waals surface area contributed by atoms with Gasteiger partial charge in [0.05, 0.1) is 24.8 Å². The van der Waals surface area contributed by atoms with Crippen LogP contribution in [0.15, 0.2) is 10.5 Å². The highest BCUT2D eigenvalue weighted by Gasteiger charge is 2.25. The molecule has 0 aromatic carbocycles. The third kappa shape index (κ3) is 3.15. The molecule has 2 unspecified atom stereocenters. The summed E-state index contributed by atoms with van der Waals surface area (Å²) in [4.78, 5) is 13.8. The van der Waals surface area contributed by atoms with Crippen LogP contribution < -0.4 is 11.3 Å². The van der Waals surface area contributed by atoms with Crippen molar-refractivity contribution in [1.29, 1.82) is 0 Å². The van der Waals surface area contributed by atoms with Gasteiger partial charge in [-0.2, -0.15) is 0 Å². The number of hydrazine groups is 1. The average Bonchev–Trinajstić information content (AvgIpc) is 2.74. The van der Waals surface area contributed by atoms with E-state index in [2.05, 4.69) is 24.2 Å². The van der Waals surface area contributed by atoms with E-state index in [-0.39, 0.29) is 12.0 Å². The number of rotatable bonds is 3. The van der Waals surface area contributed by atoms with E-state index >= 15 is 0 Å². The molecule has 1 saturated heterocycles. The van der Waals surface area contributed by atoms with Crippen LogP contribution in [0.3, 0.4) is 0 Å². The van der Waals surface area contributed by atoms with Gasteiger partial charge < -0.3 is 9.15 Å². The lowest BCUT2D eigenvalue weighted by molar-refractivity contribution is -0.0546.